The number of hydrogen-bond acceptors (Lipinski definition) is 8. The molecule has 3 N–H and O–H groups in total. The topological polar surface area (TPSA) is 113 Å². The largest absolute Gasteiger partial charge is 0.453 e. The van der Waals surface area contributed by atoms with Crippen LogP contribution in [-0.4, -0.2) is 55.8 Å². The van der Waals surface area contributed by atoms with E-state index >= 15 is 0 Å². The summed E-state index contributed by atoms with van der Waals surface area (Å²) in [5.41, 5.74) is 1.27. The average molecular weight is 453 g/mol. The Morgan fingerprint density at radius 3 is 2.34 bits per heavy atom. The van der Waals surface area contributed by atoms with Crippen molar-refractivity contribution in [1.29, 1.82) is 0 Å². The van der Waals surface area contributed by atoms with Gasteiger partial charge in [-0.3, -0.25) is 4.79 Å². The first-order chi connectivity index (χ1) is 14.9. The molecule has 0 saturated heterocycles. The highest BCUT2D eigenvalue weighted by molar-refractivity contribution is 6.03. The van der Waals surface area contributed by atoms with Gasteiger partial charge in [-0.25, -0.2) is 9.67 Å². The van der Waals surface area contributed by atoms with Crippen LogP contribution in [0.1, 0.15) is 38.2 Å². The Morgan fingerprint density at radius 1 is 1.09 bits per heavy atom. The second-order valence-corrected chi connectivity index (χ2v) is 8.65. The maximum Gasteiger partial charge on any atom is 0.453 e. The summed E-state index contributed by atoms with van der Waals surface area (Å²) >= 11 is 0. The molecule has 32 heavy (non-hydrogen) atoms. The molecule has 10 nitrogen and oxygen atoms in total. The summed E-state index contributed by atoms with van der Waals surface area (Å²) < 4.78 is 39.4. The molecule has 2 aliphatic rings. The normalized spacial score (nSPS) is 23.0. The standard InChI is InChI=1S/C19H26F3N9O/c1-8(2)13-15(32)26-12-9(3)23-17(27-14(12)30(13)4)24-10-6-11(7-10)25-18-28-16(19(20,21)22)29-31(18)5/h8,10-11,13H,6-7H2,1-5H3,(H,26,32)(H,23,24,27)(H,25,28,29)/t10-,11+,13-/m0/s1. The molecule has 13 heteroatoms. The van der Waals surface area contributed by atoms with E-state index in [1.165, 1.54) is 7.05 Å². The SMILES string of the molecule is Cc1nc(N[C@H]2C[C@@H](Nc3nc(C(F)(F)F)nn3C)C2)nc2c1NC(=O)[C@H](C(C)C)N2C. The fourth-order valence-electron chi connectivity index (χ4n) is 4.13. The van der Waals surface area contributed by atoms with Crippen LogP contribution >= 0.6 is 0 Å². The first-order valence-corrected chi connectivity index (χ1v) is 10.4. The molecule has 174 valence electrons. The fourth-order valence-corrected chi connectivity index (χ4v) is 4.13. The number of hydrogen-bond donors (Lipinski definition) is 3. The molecule has 1 fully saturated rings. The smallest absolute Gasteiger partial charge is 0.352 e. The molecular formula is C19H26F3N9O. The summed E-state index contributed by atoms with van der Waals surface area (Å²) in [5.74, 6) is 0.0629. The molecule has 1 saturated carbocycles. The Hall–Kier alpha value is -3.12. The molecule has 1 amide bonds. The maximum absolute atomic E-state index is 12.8. The van der Waals surface area contributed by atoms with Crippen molar-refractivity contribution in [3.05, 3.63) is 11.5 Å². The number of aromatic nitrogens is 5. The number of fused-ring (bicyclic) bond motifs is 1. The number of alkyl halides is 3. The Balaban J connectivity index is 1.40. The number of carbonyl (C=O) groups excluding carboxylic acids is 1. The number of rotatable bonds is 5. The molecular weight excluding hydrogens is 427 g/mol. The van der Waals surface area contributed by atoms with Gasteiger partial charge in [0.25, 0.3) is 5.82 Å². The first kappa shape index (κ1) is 22.1. The molecule has 2 aromatic rings. The number of aryl methyl sites for hydroxylation is 2. The summed E-state index contributed by atoms with van der Waals surface area (Å²) in [6, 6.07) is -0.304. The van der Waals surface area contributed by atoms with E-state index in [4.69, 9.17) is 0 Å². The van der Waals surface area contributed by atoms with Crippen molar-refractivity contribution in [2.24, 2.45) is 13.0 Å². The zero-order valence-corrected chi connectivity index (χ0v) is 18.4. The van der Waals surface area contributed by atoms with Crippen molar-refractivity contribution >= 4 is 29.3 Å². The second-order valence-electron chi connectivity index (χ2n) is 8.65. The lowest BCUT2D eigenvalue weighted by atomic mass is 9.87. The van der Waals surface area contributed by atoms with Gasteiger partial charge in [0.2, 0.25) is 17.8 Å². The van der Waals surface area contributed by atoms with E-state index in [0.29, 0.717) is 36.0 Å². The second kappa shape index (κ2) is 7.78. The van der Waals surface area contributed by atoms with E-state index in [1.54, 1.807) is 0 Å². The van der Waals surface area contributed by atoms with Gasteiger partial charge < -0.3 is 20.9 Å². The minimum Gasteiger partial charge on any atom is -0.352 e. The summed E-state index contributed by atoms with van der Waals surface area (Å²) in [7, 11) is 3.26. The molecule has 2 aromatic heterocycles. The third-order valence-electron chi connectivity index (χ3n) is 5.79. The molecule has 0 radical (unpaired) electrons. The van der Waals surface area contributed by atoms with Crippen LogP contribution in [0.3, 0.4) is 0 Å². The van der Waals surface area contributed by atoms with Crippen molar-refractivity contribution in [3.63, 3.8) is 0 Å². The number of likely N-dealkylation sites (N-methyl/N-ethyl adjacent to an activating group) is 1. The minimum atomic E-state index is -4.58. The summed E-state index contributed by atoms with van der Waals surface area (Å²) in [5, 5.41) is 12.6. The van der Waals surface area contributed by atoms with Gasteiger partial charge >= 0.3 is 6.18 Å². The summed E-state index contributed by atoms with van der Waals surface area (Å²) in [6.45, 7) is 5.78. The molecule has 0 spiro atoms. The van der Waals surface area contributed by atoms with Gasteiger partial charge in [0, 0.05) is 26.2 Å². The third-order valence-corrected chi connectivity index (χ3v) is 5.79. The zero-order valence-electron chi connectivity index (χ0n) is 18.4. The Kier molecular flexibility index (Phi) is 5.37. The molecule has 3 heterocycles. The minimum absolute atomic E-state index is 0.0394. The molecule has 1 atom stereocenters. The van der Waals surface area contributed by atoms with E-state index in [0.717, 1.165) is 4.68 Å². The average Bonchev–Trinajstić information content (AvgIpc) is 3.02. The lowest BCUT2D eigenvalue weighted by molar-refractivity contribution is -0.144. The molecule has 0 aromatic carbocycles. The van der Waals surface area contributed by atoms with E-state index in [2.05, 4.69) is 36.0 Å². The highest BCUT2D eigenvalue weighted by Crippen LogP contribution is 2.35. The maximum atomic E-state index is 12.8. The quantitative estimate of drug-likeness (QED) is 0.633. The van der Waals surface area contributed by atoms with E-state index in [-0.39, 0.29) is 35.9 Å². The van der Waals surface area contributed by atoms with Crippen LogP contribution in [0.5, 0.6) is 0 Å². The first-order valence-electron chi connectivity index (χ1n) is 10.4. The van der Waals surface area contributed by atoms with Crippen LogP contribution in [0.25, 0.3) is 0 Å². The predicted octanol–water partition coefficient (Wildman–Crippen LogP) is 2.40. The number of amides is 1. The number of carbonyl (C=O) groups is 1. The van der Waals surface area contributed by atoms with Crippen LogP contribution in [0.4, 0.5) is 36.6 Å². The lowest BCUT2D eigenvalue weighted by Crippen LogP contribution is -2.50. The van der Waals surface area contributed by atoms with Gasteiger partial charge in [-0.1, -0.05) is 13.8 Å². The Labute approximate surface area is 183 Å². The van der Waals surface area contributed by atoms with E-state index < -0.39 is 12.0 Å². The molecule has 0 unspecified atom stereocenters. The van der Waals surface area contributed by atoms with Gasteiger partial charge in [0.05, 0.1) is 5.69 Å². The predicted molar refractivity (Wildman–Crippen MR) is 112 cm³/mol. The fraction of sp³-hybridized carbons (Fsp3) is 0.632. The number of nitrogens with zero attached hydrogens (tertiary/aromatic N) is 6. The molecule has 0 bridgehead atoms. The van der Waals surface area contributed by atoms with Crippen molar-refractivity contribution in [2.45, 2.75) is 57.9 Å². The van der Waals surface area contributed by atoms with Gasteiger partial charge in [-0.15, -0.1) is 5.10 Å². The molecule has 1 aliphatic carbocycles. The van der Waals surface area contributed by atoms with Crippen molar-refractivity contribution < 1.29 is 18.0 Å². The van der Waals surface area contributed by atoms with Crippen molar-refractivity contribution in [2.75, 3.05) is 27.9 Å². The number of halogens is 3. The van der Waals surface area contributed by atoms with Gasteiger partial charge in [-0.2, -0.15) is 23.1 Å². The van der Waals surface area contributed by atoms with Crippen LogP contribution in [0, 0.1) is 12.8 Å². The third kappa shape index (κ3) is 4.02. The zero-order chi connectivity index (χ0) is 23.4. The van der Waals surface area contributed by atoms with Crippen LogP contribution in [0.2, 0.25) is 0 Å². The molecule has 1 aliphatic heterocycles. The Morgan fingerprint density at radius 2 is 1.75 bits per heavy atom. The van der Waals surface area contributed by atoms with Crippen LogP contribution < -0.4 is 20.9 Å². The number of anilines is 4. The van der Waals surface area contributed by atoms with Crippen molar-refractivity contribution in [3.8, 4) is 0 Å². The highest BCUT2D eigenvalue weighted by Gasteiger charge is 2.38. The van der Waals surface area contributed by atoms with Gasteiger partial charge in [0.1, 0.15) is 11.7 Å². The van der Waals surface area contributed by atoms with Crippen LogP contribution in [-0.2, 0) is 18.0 Å². The summed E-state index contributed by atoms with van der Waals surface area (Å²) in [4.78, 5) is 26.9. The van der Waals surface area contributed by atoms with Crippen molar-refractivity contribution in [1.82, 2.24) is 24.7 Å². The Bertz CT molecular complexity index is 1030. The lowest BCUT2D eigenvalue weighted by Gasteiger charge is -2.38. The highest BCUT2D eigenvalue weighted by atomic mass is 19.4. The van der Waals surface area contributed by atoms with Crippen LogP contribution in [0.15, 0.2) is 0 Å². The van der Waals surface area contributed by atoms with Gasteiger partial charge in [0.15, 0.2) is 5.82 Å². The monoisotopic (exact) mass is 453 g/mol. The molecule has 4 rings (SSSR count). The van der Waals surface area contributed by atoms with E-state index in [1.807, 2.05) is 32.7 Å². The van der Waals surface area contributed by atoms with E-state index in [9.17, 15) is 18.0 Å². The van der Waals surface area contributed by atoms with Gasteiger partial charge in [-0.05, 0) is 25.7 Å². The summed E-state index contributed by atoms with van der Waals surface area (Å²) in [6.07, 6.45) is -3.26. The number of nitrogens with one attached hydrogen (secondary N) is 3.